The molecule has 5 aliphatic heterocycles. The molecular weight excluding hydrogens is 785 g/mol. The second-order valence-corrected chi connectivity index (χ2v) is 17.0. The first-order valence-corrected chi connectivity index (χ1v) is 23.7. The van der Waals surface area contributed by atoms with Crippen LogP contribution in [0.25, 0.3) is 22.3 Å². The summed E-state index contributed by atoms with van der Waals surface area (Å²) < 4.78 is 7.13. The number of hydrogen-bond acceptors (Lipinski definition) is 4. The summed E-state index contributed by atoms with van der Waals surface area (Å²) in [6, 6.07) is 24.0. The maximum Gasteiger partial charge on any atom is 0.216 e. The summed E-state index contributed by atoms with van der Waals surface area (Å²) in [6.07, 6.45) is 37.2. The summed E-state index contributed by atoms with van der Waals surface area (Å²) in [5.41, 5.74) is 16.0. The molecule has 9 heterocycles. The molecule has 4 aromatic rings. The number of H-pyrrole nitrogens is 1. The van der Waals surface area contributed by atoms with Gasteiger partial charge in [0.15, 0.2) is 18.6 Å². The summed E-state index contributed by atoms with van der Waals surface area (Å²) in [6.45, 7) is 12.6. The van der Waals surface area contributed by atoms with Crippen molar-refractivity contribution >= 4 is 39.4 Å². The Bertz CT molecular complexity index is 2820. The highest BCUT2D eigenvalue weighted by Crippen LogP contribution is 2.38. The van der Waals surface area contributed by atoms with E-state index in [9.17, 15) is 0 Å². The Balaban J connectivity index is 1.37. The lowest BCUT2D eigenvalue weighted by Crippen LogP contribution is -2.38. The minimum absolute atomic E-state index is 0.887. The van der Waals surface area contributed by atoms with Gasteiger partial charge in [-0.2, -0.15) is 13.7 Å². The van der Waals surface area contributed by atoms with Crippen molar-refractivity contribution in [3.63, 3.8) is 0 Å². The molecule has 9 rings (SSSR count). The van der Waals surface area contributed by atoms with Gasteiger partial charge in [0.25, 0.3) is 0 Å². The van der Waals surface area contributed by atoms with Gasteiger partial charge in [-0.3, -0.25) is 0 Å². The molecule has 5 aliphatic rings. The summed E-state index contributed by atoms with van der Waals surface area (Å²) in [5.74, 6) is 0. The number of aromatic nitrogens is 4. The van der Waals surface area contributed by atoms with Crippen molar-refractivity contribution in [1.82, 2.24) is 9.88 Å². The van der Waals surface area contributed by atoms with Crippen molar-refractivity contribution in [2.75, 3.05) is 6.54 Å². The van der Waals surface area contributed by atoms with Gasteiger partial charge in [0.05, 0.1) is 68.0 Å². The number of pyridine rings is 3. The maximum atomic E-state index is 5.63. The molecule has 1 N–H and O–H groups in total. The minimum Gasteiger partial charge on any atom is -0.354 e. The van der Waals surface area contributed by atoms with Gasteiger partial charge < -0.3 is 9.88 Å². The third kappa shape index (κ3) is 8.61. The number of aromatic amines is 1. The fraction of sp³-hybridized carbons (Fsp3) is 0.286. The smallest absolute Gasteiger partial charge is 0.216 e. The van der Waals surface area contributed by atoms with Crippen LogP contribution in [0.4, 0.5) is 0 Å². The summed E-state index contributed by atoms with van der Waals surface area (Å²) in [5, 5.41) is 0. The lowest BCUT2D eigenvalue weighted by Gasteiger charge is -2.26. The van der Waals surface area contributed by atoms with Gasteiger partial charge >= 0.3 is 0 Å². The molecule has 8 heteroatoms. The molecule has 0 unspecified atom stereocenters. The standard InChI is InChI=1S/C56H61N8/c1-5-9-33-61-37-17-13-21-49(61)53-41-25-27-43(57-41)54(50-22-14-18-38-62(50)34-10-6-2)45-29-31-47(59-45)56(52-24-16-20-40-64(52)36-12-8-4)48-32-30-46(60-48)55(44-28-26-42(53)58-44)51-23-15-19-39-63(51)35-11-7-3/h13-32,37-40,57H,5-12,33-36H2,1-4H3/q+3. The number of allylic oxidation sites excluding steroid dienone is 12. The van der Waals surface area contributed by atoms with Crippen LogP contribution in [0.3, 0.4) is 0 Å². The van der Waals surface area contributed by atoms with Crippen molar-refractivity contribution in [2.45, 2.75) is 98.7 Å². The number of nitrogens with one attached hydrogen (secondary N) is 1. The molecule has 0 atom stereocenters. The van der Waals surface area contributed by atoms with Gasteiger partial charge in [-0.25, -0.2) is 15.0 Å². The van der Waals surface area contributed by atoms with E-state index in [0.29, 0.717) is 0 Å². The number of nitrogens with zero attached hydrogens (tertiary/aromatic N) is 7. The molecule has 0 saturated heterocycles. The van der Waals surface area contributed by atoms with E-state index in [4.69, 9.17) is 15.0 Å². The number of aryl methyl sites for hydroxylation is 3. The highest BCUT2D eigenvalue weighted by Gasteiger charge is 2.33. The molecule has 0 aromatic carbocycles. The Labute approximate surface area is 379 Å². The molecular formula is C56H61N8+3. The largest absolute Gasteiger partial charge is 0.354 e. The van der Waals surface area contributed by atoms with Crippen molar-refractivity contribution in [3.8, 4) is 0 Å². The van der Waals surface area contributed by atoms with Gasteiger partial charge in [0.2, 0.25) is 17.1 Å². The first-order valence-electron chi connectivity index (χ1n) is 23.7. The zero-order valence-electron chi connectivity index (χ0n) is 38.0. The van der Waals surface area contributed by atoms with E-state index in [1.807, 2.05) is 0 Å². The van der Waals surface area contributed by atoms with E-state index in [1.165, 1.54) is 0 Å². The molecule has 8 nitrogen and oxygen atoms in total. The predicted octanol–water partition coefficient (Wildman–Crippen LogP) is 10.8. The average molecular weight is 846 g/mol. The molecule has 322 valence electrons. The van der Waals surface area contributed by atoms with Gasteiger partial charge in [0, 0.05) is 74.0 Å². The zero-order valence-corrected chi connectivity index (χ0v) is 38.0. The molecule has 0 spiro atoms. The van der Waals surface area contributed by atoms with E-state index < -0.39 is 0 Å². The Morgan fingerprint density at radius 2 is 0.891 bits per heavy atom. The zero-order chi connectivity index (χ0) is 43.8. The van der Waals surface area contributed by atoms with E-state index in [2.05, 4.69) is 197 Å². The Hall–Kier alpha value is -6.80. The van der Waals surface area contributed by atoms with Crippen LogP contribution in [0.5, 0.6) is 0 Å². The Morgan fingerprint density at radius 3 is 1.38 bits per heavy atom. The molecule has 64 heavy (non-hydrogen) atoms. The lowest BCUT2D eigenvalue weighted by atomic mass is 10.0. The number of fused-ring (bicyclic) bond motifs is 5. The lowest BCUT2D eigenvalue weighted by molar-refractivity contribution is -0.699. The molecule has 0 radical (unpaired) electrons. The second kappa shape index (κ2) is 19.7. The van der Waals surface area contributed by atoms with Crippen LogP contribution in [0.1, 0.15) is 108 Å². The van der Waals surface area contributed by atoms with Crippen molar-refractivity contribution in [1.29, 1.82) is 0 Å². The van der Waals surface area contributed by atoms with Gasteiger partial charge in [0.1, 0.15) is 19.6 Å². The van der Waals surface area contributed by atoms with Crippen LogP contribution < -0.4 is 13.7 Å². The van der Waals surface area contributed by atoms with E-state index in [-0.39, 0.29) is 0 Å². The fourth-order valence-electron chi connectivity index (χ4n) is 9.12. The first kappa shape index (κ1) is 42.5. The van der Waals surface area contributed by atoms with Crippen molar-refractivity contribution in [2.24, 2.45) is 15.0 Å². The average Bonchev–Trinajstić information content (AvgIpc) is 4.19. The van der Waals surface area contributed by atoms with Gasteiger partial charge in [-0.15, -0.1) is 0 Å². The van der Waals surface area contributed by atoms with E-state index in [0.717, 1.165) is 168 Å². The highest BCUT2D eigenvalue weighted by molar-refractivity contribution is 6.37. The monoisotopic (exact) mass is 846 g/mol. The third-order valence-electron chi connectivity index (χ3n) is 12.5. The van der Waals surface area contributed by atoms with Gasteiger partial charge in [-0.1, -0.05) is 59.5 Å². The number of hydrogen-bond donors (Lipinski definition) is 1. The SMILES string of the molecule is CCCCN1C=CC=CC1=C1C2=NC(=C(c3cccc[n+]3CCCC)C3=NC(=C(c4cccc[n+]4CCCC)C4=NC(=C(c5cccc[n+]5CCCC)c5ccc1[nH]5)C=C4)C=C3)C=C2. The summed E-state index contributed by atoms with van der Waals surface area (Å²) in [4.78, 5) is 23.3. The van der Waals surface area contributed by atoms with Crippen molar-refractivity contribution in [3.05, 3.63) is 197 Å². The first-order chi connectivity index (χ1) is 31.6. The van der Waals surface area contributed by atoms with Crippen LogP contribution in [-0.2, 0) is 19.6 Å². The quantitative estimate of drug-likeness (QED) is 0.119. The van der Waals surface area contributed by atoms with Crippen LogP contribution in [-0.4, -0.2) is 33.6 Å². The number of aliphatic imine (C=N–C) groups is 3. The van der Waals surface area contributed by atoms with E-state index >= 15 is 0 Å². The fourth-order valence-corrected chi connectivity index (χ4v) is 9.12. The number of rotatable bonds is 15. The van der Waals surface area contributed by atoms with E-state index in [1.54, 1.807) is 0 Å². The van der Waals surface area contributed by atoms with Crippen molar-refractivity contribution < 1.29 is 13.7 Å². The van der Waals surface area contributed by atoms with Crippen LogP contribution in [0, 0.1) is 0 Å². The molecule has 8 bridgehead atoms. The van der Waals surface area contributed by atoms with Crippen LogP contribution in [0.15, 0.2) is 184 Å². The molecule has 0 fully saturated rings. The summed E-state index contributed by atoms with van der Waals surface area (Å²) in [7, 11) is 0. The predicted molar refractivity (Wildman–Crippen MR) is 262 cm³/mol. The molecule has 0 aliphatic carbocycles. The Morgan fingerprint density at radius 1 is 0.453 bits per heavy atom. The number of unbranched alkanes of at least 4 members (excludes halogenated alkanes) is 4. The molecule has 0 saturated carbocycles. The third-order valence-corrected chi connectivity index (χ3v) is 12.5. The topological polar surface area (TPSA) is 67.8 Å². The van der Waals surface area contributed by atoms with Crippen LogP contribution >= 0.6 is 0 Å². The maximum absolute atomic E-state index is 5.63. The van der Waals surface area contributed by atoms with Crippen LogP contribution in [0.2, 0.25) is 0 Å². The molecule has 0 amide bonds. The second-order valence-electron chi connectivity index (χ2n) is 17.0. The normalized spacial score (nSPS) is 17.7. The molecule has 4 aromatic heterocycles. The Kier molecular flexibility index (Phi) is 13.1. The highest BCUT2D eigenvalue weighted by atomic mass is 15.1. The van der Waals surface area contributed by atoms with Gasteiger partial charge in [-0.05, 0) is 85.4 Å². The minimum atomic E-state index is 0.887. The summed E-state index contributed by atoms with van der Waals surface area (Å²) >= 11 is 0.